The zero-order valence-electron chi connectivity index (χ0n) is 72.1. The van der Waals surface area contributed by atoms with Crippen molar-refractivity contribution in [2.75, 3.05) is 29.4 Å². The van der Waals surface area contributed by atoms with Crippen molar-refractivity contribution in [2.45, 2.75) is 99.3 Å². The molecule has 0 saturated carbocycles. The summed E-state index contributed by atoms with van der Waals surface area (Å²) < 4.78 is 0. The molecule has 0 bridgehead atoms. The lowest BCUT2D eigenvalue weighted by Gasteiger charge is -2.30. The van der Waals surface area contributed by atoms with Gasteiger partial charge in [0.2, 0.25) is 0 Å². The summed E-state index contributed by atoms with van der Waals surface area (Å²) >= 11 is 0. The van der Waals surface area contributed by atoms with Crippen molar-refractivity contribution in [1.29, 1.82) is 0 Å². The molecule has 0 spiro atoms. The number of benzene rings is 18. The molecule has 6 heteroatoms. The fourth-order valence-electron chi connectivity index (χ4n) is 16.7. The van der Waals surface area contributed by atoms with Crippen molar-refractivity contribution < 1.29 is 0 Å². The van der Waals surface area contributed by atoms with Crippen LogP contribution in [0.1, 0.15) is 112 Å². The van der Waals surface area contributed by atoms with Crippen LogP contribution >= 0.6 is 0 Å². The van der Waals surface area contributed by atoms with E-state index >= 15 is 0 Å². The molecule has 606 valence electrons. The van der Waals surface area contributed by atoms with Crippen molar-refractivity contribution >= 4 is 135 Å². The van der Waals surface area contributed by atoms with Gasteiger partial charge >= 0.3 is 0 Å². The normalized spacial score (nSPS) is 11.8. The lowest BCUT2D eigenvalue weighted by Crippen LogP contribution is -2.13. The van der Waals surface area contributed by atoms with E-state index in [4.69, 9.17) is 0 Å². The first kappa shape index (κ1) is 82.2. The van der Waals surface area contributed by atoms with E-state index in [0.29, 0.717) is 17.8 Å². The van der Waals surface area contributed by atoms with E-state index in [9.17, 15) is 0 Å². The van der Waals surface area contributed by atoms with Crippen LogP contribution in [0.5, 0.6) is 0 Å². The minimum Gasteiger partial charge on any atom is -0.310 e. The standard InChI is InChI=1S/C40H38N2.C39H36N2.C38H34N2/c1-5-31(4)32-19-21-35(22-20-32)42(40-18-10-14-33-13-6-7-17-39(33)40)36-25-23-34(24-26-36)41(37-15-8-11-29(2)27-37)38-16-9-12-30(3)28-38;1-4-30(3)31-20-22-35(23-21-31)41(39-19-11-14-32-13-8-9-18-38(32)39)36-26-24-34(25-27-36)40(33-15-6-5-7-16-33)37-17-10-12-29(2)28-37;1-3-29(2)30-24-26-34(27-25-30)40(38-23-12-15-31-14-10-11-22-37(31)38)36-21-13-20-35(28-36)39(32-16-6-4-7-17-32)33-18-8-5-9-19-33/h6-28,31H,5H2,1-4H3;5-28,30H,4H2,1-3H3;4-29H,3H2,1-2H3. The summed E-state index contributed by atoms with van der Waals surface area (Å²) in [6, 6.07) is 158. The number of hydrogen-bond donors (Lipinski definition) is 0. The van der Waals surface area contributed by atoms with Crippen LogP contribution in [0.4, 0.5) is 102 Å². The van der Waals surface area contributed by atoms with Gasteiger partial charge in [-0.1, -0.05) is 284 Å². The van der Waals surface area contributed by atoms with Crippen molar-refractivity contribution in [3.8, 4) is 0 Å². The first-order valence-corrected chi connectivity index (χ1v) is 43.6. The molecule has 3 unspecified atom stereocenters. The fourth-order valence-corrected chi connectivity index (χ4v) is 16.7. The number of hydrogen-bond acceptors (Lipinski definition) is 6. The van der Waals surface area contributed by atoms with Crippen LogP contribution in [0.3, 0.4) is 0 Å². The summed E-state index contributed by atoms with van der Waals surface area (Å²) in [6.45, 7) is 20.1. The Labute approximate surface area is 728 Å². The third-order valence-corrected chi connectivity index (χ3v) is 23.9. The minimum atomic E-state index is 0.536. The highest BCUT2D eigenvalue weighted by Gasteiger charge is 2.24. The Balaban J connectivity index is 0.000000137. The van der Waals surface area contributed by atoms with E-state index in [2.05, 4.69) is 528 Å². The van der Waals surface area contributed by atoms with Gasteiger partial charge in [0.1, 0.15) is 0 Å². The van der Waals surface area contributed by atoms with E-state index in [1.54, 1.807) is 0 Å². The Kier molecular flexibility index (Phi) is 25.9. The Hall–Kier alpha value is -14.5. The molecule has 0 aliphatic carbocycles. The number of rotatable bonds is 24. The lowest BCUT2D eigenvalue weighted by molar-refractivity contribution is 0.733. The topological polar surface area (TPSA) is 19.4 Å². The van der Waals surface area contributed by atoms with Gasteiger partial charge in [-0.3, -0.25) is 0 Å². The molecule has 3 atom stereocenters. The second kappa shape index (κ2) is 38.7. The lowest BCUT2D eigenvalue weighted by atomic mass is 9.98. The van der Waals surface area contributed by atoms with Gasteiger partial charge in [-0.2, -0.15) is 0 Å². The molecule has 18 aromatic carbocycles. The Morgan fingerprint density at radius 3 is 0.634 bits per heavy atom. The predicted molar refractivity (Wildman–Crippen MR) is 530 cm³/mol. The number of para-hydroxylation sites is 3. The minimum absolute atomic E-state index is 0.536. The van der Waals surface area contributed by atoms with Gasteiger partial charge in [-0.15, -0.1) is 0 Å². The molecule has 0 N–H and O–H groups in total. The first-order valence-electron chi connectivity index (χ1n) is 43.6. The highest BCUT2D eigenvalue weighted by Crippen LogP contribution is 2.48. The molecule has 0 aliphatic heterocycles. The average molecular weight is 1600 g/mol. The molecule has 0 heterocycles. The summed E-state index contributed by atoms with van der Waals surface area (Å²) in [7, 11) is 0. The van der Waals surface area contributed by atoms with Crippen LogP contribution in [0, 0.1) is 20.8 Å². The Morgan fingerprint density at radius 2 is 0.358 bits per heavy atom. The largest absolute Gasteiger partial charge is 0.310 e. The SMILES string of the molecule is CCC(C)c1ccc(N(c2ccc(N(c3cccc(C)c3)c3cccc(C)c3)cc2)c2cccc3ccccc23)cc1.CCC(C)c1ccc(N(c2ccc(N(c3ccccc3)c3cccc(C)c3)cc2)c2cccc3ccccc23)cc1.CCC(C)c1ccc(N(c2cccc(N(c3ccccc3)c3ccccc3)c2)c2cccc3ccccc23)cc1. The van der Waals surface area contributed by atoms with Crippen molar-refractivity contribution in [3.63, 3.8) is 0 Å². The van der Waals surface area contributed by atoms with Crippen LogP contribution in [-0.4, -0.2) is 0 Å². The van der Waals surface area contributed by atoms with Gasteiger partial charge in [0.25, 0.3) is 0 Å². The van der Waals surface area contributed by atoms with Crippen LogP contribution in [-0.2, 0) is 0 Å². The van der Waals surface area contributed by atoms with E-state index in [1.807, 2.05) is 0 Å². The van der Waals surface area contributed by atoms with Gasteiger partial charge in [-0.05, 0) is 301 Å². The Morgan fingerprint density at radius 1 is 0.171 bits per heavy atom. The van der Waals surface area contributed by atoms with Crippen molar-refractivity contribution in [2.24, 2.45) is 0 Å². The van der Waals surface area contributed by atoms with Gasteiger partial charge in [0, 0.05) is 101 Å². The second-order valence-electron chi connectivity index (χ2n) is 32.3. The molecular weight excluding hydrogens is 1490 g/mol. The van der Waals surface area contributed by atoms with Crippen LogP contribution in [0.15, 0.2) is 437 Å². The van der Waals surface area contributed by atoms with Gasteiger partial charge < -0.3 is 29.4 Å². The van der Waals surface area contributed by atoms with Crippen LogP contribution in [0.25, 0.3) is 32.3 Å². The van der Waals surface area contributed by atoms with Crippen LogP contribution in [0.2, 0.25) is 0 Å². The quantitative estimate of drug-likeness (QED) is 0.0596. The van der Waals surface area contributed by atoms with Crippen LogP contribution < -0.4 is 29.4 Å². The summed E-state index contributed by atoms with van der Waals surface area (Å²) in [5.74, 6) is 1.62. The molecule has 0 saturated heterocycles. The summed E-state index contributed by atoms with van der Waals surface area (Å²) in [6.07, 6.45) is 3.39. The molecule has 0 aromatic heterocycles. The highest BCUT2D eigenvalue weighted by molar-refractivity contribution is 6.02. The molecule has 0 aliphatic rings. The van der Waals surface area contributed by atoms with E-state index in [-0.39, 0.29) is 0 Å². The highest BCUT2D eigenvalue weighted by atomic mass is 15.2. The number of nitrogens with zero attached hydrogens (tertiary/aromatic N) is 6. The molecule has 0 radical (unpaired) electrons. The molecular formula is C117H108N6. The van der Waals surface area contributed by atoms with Crippen molar-refractivity contribution in [1.82, 2.24) is 0 Å². The maximum Gasteiger partial charge on any atom is 0.0540 e. The zero-order chi connectivity index (χ0) is 84.5. The summed E-state index contributed by atoms with van der Waals surface area (Å²) in [5.41, 5.74) is 28.4. The number of fused-ring (bicyclic) bond motifs is 3. The van der Waals surface area contributed by atoms with Gasteiger partial charge in [0.15, 0.2) is 0 Å². The first-order chi connectivity index (χ1) is 60.4. The van der Waals surface area contributed by atoms with E-state index in [1.165, 1.54) is 77.1 Å². The van der Waals surface area contributed by atoms with Gasteiger partial charge in [0.05, 0.1) is 17.1 Å². The number of anilines is 18. The molecule has 123 heavy (non-hydrogen) atoms. The molecule has 18 aromatic rings. The summed E-state index contributed by atoms with van der Waals surface area (Å²) in [5, 5.41) is 7.39. The maximum absolute atomic E-state index is 2.39. The predicted octanol–water partition coefficient (Wildman–Crippen LogP) is 34.8. The molecule has 0 fully saturated rings. The third-order valence-electron chi connectivity index (χ3n) is 23.9. The molecule has 0 amide bonds. The Bertz CT molecular complexity index is 6390. The fraction of sp³-hybridized carbons (Fsp3) is 0.128. The number of aryl methyl sites for hydroxylation is 3. The summed E-state index contributed by atoms with van der Waals surface area (Å²) in [4.78, 5) is 14.1. The average Bonchev–Trinajstić information content (AvgIpc) is 0.764. The maximum atomic E-state index is 2.39. The second-order valence-corrected chi connectivity index (χ2v) is 32.3. The van der Waals surface area contributed by atoms with Crippen molar-refractivity contribution in [3.05, 3.63) is 470 Å². The van der Waals surface area contributed by atoms with Gasteiger partial charge in [-0.25, -0.2) is 0 Å². The van der Waals surface area contributed by atoms with E-state index in [0.717, 1.165) is 110 Å². The van der Waals surface area contributed by atoms with E-state index < -0.39 is 0 Å². The zero-order valence-corrected chi connectivity index (χ0v) is 72.1. The molecule has 18 rings (SSSR count). The monoisotopic (exact) mass is 1600 g/mol. The molecule has 6 nitrogen and oxygen atoms in total. The third kappa shape index (κ3) is 18.8. The smallest absolute Gasteiger partial charge is 0.0540 e.